The third-order valence-electron chi connectivity index (χ3n) is 5.85. The summed E-state index contributed by atoms with van der Waals surface area (Å²) in [6.45, 7) is 10.9. The lowest BCUT2D eigenvalue weighted by atomic mass is 9.95. The van der Waals surface area contributed by atoms with Crippen molar-refractivity contribution in [1.82, 2.24) is 9.80 Å². The van der Waals surface area contributed by atoms with E-state index in [4.69, 9.17) is 4.42 Å². The molecule has 1 saturated heterocycles. The van der Waals surface area contributed by atoms with Crippen LogP contribution in [0.1, 0.15) is 23.8 Å². The molecule has 0 saturated carbocycles. The normalized spacial score (nSPS) is 15.8. The van der Waals surface area contributed by atoms with Gasteiger partial charge in [-0.3, -0.25) is 4.90 Å². The number of piperazine rings is 1. The van der Waals surface area contributed by atoms with Crippen molar-refractivity contribution in [2.75, 3.05) is 33.2 Å². The van der Waals surface area contributed by atoms with Crippen LogP contribution in [-0.2, 0) is 19.4 Å². The Hall–Kier alpha value is -2.56. The first-order chi connectivity index (χ1) is 14.1. The van der Waals surface area contributed by atoms with Gasteiger partial charge in [0.05, 0.1) is 0 Å². The third-order valence-corrected chi connectivity index (χ3v) is 5.85. The second-order valence-corrected chi connectivity index (χ2v) is 8.04. The van der Waals surface area contributed by atoms with E-state index in [2.05, 4.69) is 54.6 Å². The molecule has 2 aromatic carbocycles. The van der Waals surface area contributed by atoms with Gasteiger partial charge in [-0.15, -0.1) is 6.58 Å². The van der Waals surface area contributed by atoms with Crippen LogP contribution in [0.2, 0.25) is 0 Å². The second-order valence-electron chi connectivity index (χ2n) is 8.04. The van der Waals surface area contributed by atoms with Gasteiger partial charge in [0.25, 0.3) is 0 Å². The molecule has 0 aliphatic carbocycles. The Kier molecular flexibility index (Phi) is 5.74. The molecule has 1 N–H and O–H groups in total. The molecule has 0 spiro atoms. The highest BCUT2D eigenvalue weighted by Gasteiger charge is 2.18. The zero-order valence-electron chi connectivity index (χ0n) is 17.4. The highest BCUT2D eigenvalue weighted by atomic mass is 16.3. The largest absolute Gasteiger partial charge is 0.507 e. The van der Waals surface area contributed by atoms with Gasteiger partial charge < -0.3 is 14.4 Å². The first kappa shape index (κ1) is 19.7. The SMILES string of the molecule is C=CCc1cc(CN2CCN(C)CC2)c(O)c(-c2ccc3oc(CC)cc3c2)c1. The molecule has 4 nitrogen and oxygen atoms in total. The zero-order valence-corrected chi connectivity index (χ0v) is 17.4. The van der Waals surface area contributed by atoms with Crippen molar-refractivity contribution in [3.8, 4) is 16.9 Å². The van der Waals surface area contributed by atoms with Gasteiger partial charge >= 0.3 is 0 Å². The molecule has 0 unspecified atom stereocenters. The molecule has 0 radical (unpaired) electrons. The maximum absolute atomic E-state index is 11.2. The maximum Gasteiger partial charge on any atom is 0.134 e. The van der Waals surface area contributed by atoms with Crippen LogP contribution in [0.4, 0.5) is 0 Å². The summed E-state index contributed by atoms with van der Waals surface area (Å²) in [5.74, 6) is 1.37. The number of phenols is 1. The van der Waals surface area contributed by atoms with Crippen molar-refractivity contribution >= 4 is 11.0 Å². The van der Waals surface area contributed by atoms with Crippen LogP contribution < -0.4 is 0 Å². The predicted octanol–water partition coefficient (Wildman–Crippen LogP) is 4.84. The van der Waals surface area contributed by atoms with Crippen LogP contribution in [-0.4, -0.2) is 48.1 Å². The van der Waals surface area contributed by atoms with E-state index in [1.165, 1.54) is 5.56 Å². The molecule has 29 heavy (non-hydrogen) atoms. The molecule has 0 atom stereocenters. The number of nitrogens with zero attached hydrogens (tertiary/aromatic N) is 2. The van der Waals surface area contributed by atoms with Crippen LogP contribution in [0, 0.1) is 0 Å². The van der Waals surface area contributed by atoms with Crippen LogP contribution in [0.3, 0.4) is 0 Å². The Morgan fingerprint density at radius 1 is 1.10 bits per heavy atom. The lowest BCUT2D eigenvalue weighted by Crippen LogP contribution is -2.43. The Labute approximate surface area is 173 Å². The molecule has 3 aromatic rings. The zero-order chi connectivity index (χ0) is 20.4. The Morgan fingerprint density at radius 2 is 1.90 bits per heavy atom. The molecular formula is C25H30N2O2. The van der Waals surface area contributed by atoms with Gasteiger partial charge in [0.2, 0.25) is 0 Å². The first-order valence-corrected chi connectivity index (χ1v) is 10.5. The van der Waals surface area contributed by atoms with Gasteiger partial charge in [0.15, 0.2) is 0 Å². The fourth-order valence-corrected chi connectivity index (χ4v) is 4.07. The number of aryl methyl sites for hydroxylation is 1. The average Bonchev–Trinajstić information content (AvgIpc) is 3.14. The number of benzene rings is 2. The lowest BCUT2D eigenvalue weighted by molar-refractivity contribution is 0.147. The van der Waals surface area contributed by atoms with Gasteiger partial charge in [-0.25, -0.2) is 0 Å². The number of fused-ring (bicyclic) bond motifs is 1. The number of hydrogen-bond donors (Lipinski definition) is 1. The van der Waals surface area contributed by atoms with Gasteiger partial charge in [-0.1, -0.05) is 25.1 Å². The van der Waals surface area contributed by atoms with E-state index in [0.29, 0.717) is 5.75 Å². The van der Waals surface area contributed by atoms with Crippen LogP contribution >= 0.6 is 0 Å². The number of likely N-dealkylation sites (N-methyl/N-ethyl adjacent to an activating group) is 1. The van der Waals surface area contributed by atoms with E-state index >= 15 is 0 Å². The summed E-state index contributed by atoms with van der Waals surface area (Å²) in [5, 5.41) is 12.2. The van der Waals surface area contributed by atoms with E-state index in [9.17, 15) is 5.11 Å². The standard InChI is InChI=1S/C25H30N2O2/c1-4-6-18-13-21(17-27-11-9-26(3)10-12-27)25(28)23(14-18)19-7-8-24-20(15-19)16-22(5-2)29-24/h4,7-8,13-16,28H,1,5-6,9-12,17H2,2-3H3. The minimum Gasteiger partial charge on any atom is -0.507 e. The summed E-state index contributed by atoms with van der Waals surface area (Å²) < 4.78 is 5.85. The first-order valence-electron chi connectivity index (χ1n) is 10.5. The van der Waals surface area contributed by atoms with Crippen molar-refractivity contribution in [2.24, 2.45) is 0 Å². The van der Waals surface area contributed by atoms with Gasteiger partial charge in [0, 0.05) is 55.7 Å². The topological polar surface area (TPSA) is 39.9 Å². The Bertz CT molecular complexity index is 1010. The molecule has 4 rings (SSSR count). The smallest absolute Gasteiger partial charge is 0.134 e. The summed E-state index contributed by atoms with van der Waals surface area (Å²) in [7, 11) is 2.16. The number of phenolic OH excluding ortho intramolecular Hbond substituents is 1. The van der Waals surface area contributed by atoms with Gasteiger partial charge in [0.1, 0.15) is 17.1 Å². The highest BCUT2D eigenvalue weighted by Crippen LogP contribution is 2.36. The lowest BCUT2D eigenvalue weighted by Gasteiger charge is -2.32. The highest BCUT2D eigenvalue weighted by molar-refractivity contribution is 5.86. The van der Waals surface area contributed by atoms with Crippen LogP contribution in [0.5, 0.6) is 5.75 Å². The van der Waals surface area contributed by atoms with Crippen LogP contribution in [0.15, 0.2) is 53.5 Å². The minimum absolute atomic E-state index is 0.385. The maximum atomic E-state index is 11.2. The monoisotopic (exact) mass is 390 g/mol. The van der Waals surface area contributed by atoms with E-state index < -0.39 is 0 Å². The summed E-state index contributed by atoms with van der Waals surface area (Å²) in [5.41, 5.74) is 4.97. The van der Waals surface area contributed by atoms with E-state index in [1.807, 2.05) is 18.2 Å². The average molecular weight is 391 g/mol. The second kappa shape index (κ2) is 8.44. The predicted molar refractivity (Wildman–Crippen MR) is 119 cm³/mol. The summed E-state index contributed by atoms with van der Waals surface area (Å²) in [6, 6.07) is 12.5. The molecule has 0 bridgehead atoms. The number of furan rings is 1. The molecule has 1 aliphatic heterocycles. The molecule has 1 aromatic heterocycles. The van der Waals surface area contributed by atoms with Gasteiger partial charge in [-0.05, 0) is 48.9 Å². The van der Waals surface area contributed by atoms with Crippen molar-refractivity contribution in [3.63, 3.8) is 0 Å². The fourth-order valence-electron chi connectivity index (χ4n) is 4.07. The van der Waals surface area contributed by atoms with Crippen LogP contribution in [0.25, 0.3) is 22.1 Å². The van der Waals surface area contributed by atoms with E-state index in [0.717, 1.165) is 79.0 Å². The molecular weight excluding hydrogens is 360 g/mol. The van der Waals surface area contributed by atoms with Crippen molar-refractivity contribution < 1.29 is 9.52 Å². The quantitative estimate of drug-likeness (QED) is 0.611. The summed E-state index contributed by atoms with van der Waals surface area (Å²) in [4.78, 5) is 4.77. The summed E-state index contributed by atoms with van der Waals surface area (Å²) >= 11 is 0. The summed E-state index contributed by atoms with van der Waals surface area (Å²) in [6.07, 6.45) is 3.58. The Balaban J connectivity index is 1.71. The van der Waals surface area contributed by atoms with Crippen molar-refractivity contribution in [1.29, 1.82) is 0 Å². The molecule has 2 heterocycles. The number of aromatic hydroxyl groups is 1. The number of allylic oxidation sites excluding steroid dienone is 1. The molecule has 0 amide bonds. The van der Waals surface area contributed by atoms with E-state index in [1.54, 1.807) is 0 Å². The molecule has 152 valence electrons. The van der Waals surface area contributed by atoms with Gasteiger partial charge in [-0.2, -0.15) is 0 Å². The molecule has 1 fully saturated rings. The third kappa shape index (κ3) is 4.24. The van der Waals surface area contributed by atoms with Crippen molar-refractivity contribution in [2.45, 2.75) is 26.3 Å². The van der Waals surface area contributed by atoms with Crippen molar-refractivity contribution in [3.05, 3.63) is 65.9 Å². The minimum atomic E-state index is 0.385. The molecule has 1 aliphatic rings. The molecule has 4 heteroatoms. The van der Waals surface area contributed by atoms with E-state index in [-0.39, 0.29) is 0 Å². The number of hydrogen-bond acceptors (Lipinski definition) is 4. The Morgan fingerprint density at radius 3 is 2.62 bits per heavy atom. The fraction of sp³-hybridized carbons (Fsp3) is 0.360. The number of rotatable bonds is 6.